The summed E-state index contributed by atoms with van der Waals surface area (Å²) in [5.74, 6) is -0.161. The molecule has 0 spiro atoms. The molecule has 1 unspecified atom stereocenters. The highest BCUT2D eigenvalue weighted by molar-refractivity contribution is 6.09. The van der Waals surface area contributed by atoms with E-state index in [9.17, 15) is 9.59 Å². The minimum Gasteiger partial charge on any atom is -0.496 e. The first-order chi connectivity index (χ1) is 14.9. The number of rotatable bonds is 7. The van der Waals surface area contributed by atoms with E-state index >= 15 is 0 Å². The van der Waals surface area contributed by atoms with Gasteiger partial charge in [-0.25, -0.2) is 0 Å². The Morgan fingerprint density at radius 3 is 2.48 bits per heavy atom. The highest BCUT2D eigenvalue weighted by Crippen LogP contribution is 2.41. The van der Waals surface area contributed by atoms with Gasteiger partial charge in [0.05, 0.1) is 14.2 Å². The molecule has 2 aromatic carbocycles. The number of ether oxygens (including phenoxy) is 2. The van der Waals surface area contributed by atoms with E-state index < -0.39 is 11.4 Å². The van der Waals surface area contributed by atoms with Crippen LogP contribution < -0.4 is 15.0 Å². The van der Waals surface area contributed by atoms with E-state index in [1.54, 1.807) is 7.11 Å². The van der Waals surface area contributed by atoms with Gasteiger partial charge in [0.15, 0.2) is 5.41 Å². The first-order valence-electron chi connectivity index (χ1n) is 10.8. The van der Waals surface area contributed by atoms with Crippen molar-refractivity contribution in [2.75, 3.05) is 37.5 Å². The molecule has 6 heteroatoms. The maximum absolute atomic E-state index is 13.5. The third kappa shape index (κ3) is 4.24. The number of fused-ring (bicyclic) bond motifs is 1. The van der Waals surface area contributed by atoms with Gasteiger partial charge in [-0.1, -0.05) is 12.1 Å². The second kappa shape index (κ2) is 9.41. The molecule has 0 aromatic heterocycles. The lowest BCUT2D eigenvalue weighted by Crippen LogP contribution is -2.48. The Morgan fingerprint density at radius 2 is 1.87 bits per heavy atom. The van der Waals surface area contributed by atoms with E-state index in [0.717, 1.165) is 35.5 Å². The van der Waals surface area contributed by atoms with Gasteiger partial charge in [-0.05, 0) is 74.6 Å². The van der Waals surface area contributed by atoms with Crippen LogP contribution in [0, 0.1) is 12.3 Å². The fourth-order valence-corrected chi connectivity index (χ4v) is 4.45. The van der Waals surface area contributed by atoms with Crippen LogP contribution >= 0.6 is 0 Å². The van der Waals surface area contributed by atoms with Crippen molar-refractivity contribution < 1.29 is 19.1 Å². The number of aryl methyl sites for hydroxylation is 2. The van der Waals surface area contributed by atoms with Gasteiger partial charge in [-0.15, -0.1) is 0 Å². The molecule has 1 aliphatic rings. The van der Waals surface area contributed by atoms with Crippen LogP contribution in [0.3, 0.4) is 0 Å². The third-order valence-corrected chi connectivity index (χ3v) is 6.35. The topological polar surface area (TPSA) is 67.9 Å². The van der Waals surface area contributed by atoms with Crippen LogP contribution in [0.1, 0.15) is 37.0 Å². The Balaban J connectivity index is 1.93. The van der Waals surface area contributed by atoms with Crippen LogP contribution in [0.5, 0.6) is 5.75 Å². The monoisotopic (exact) mass is 424 g/mol. The summed E-state index contributed by atoms with van der Waals surface area (Å²) in [6.45, 7) is 8.02. The standard InChI is InChI=1S/C25H32N2O4/c1-6-27(7-2)19-11-12-21(17(3)15-19)26-23(28)25(24(29)31-5)14-13-18-9-8-10-22(30-4)20(18)16-25/h8-12,15H,6-7,13-14,16H2,1-5H3,(H,26,28). The maximum atomic E-state index is 13.5. The molecular formula is C25H32N2O4. The number of hydrogen-bond acceptors (Lipinski definition) is 5. The van der Waals surface area contributed by atoms with Crippen molar-refractivity contribution in [3.63, 3.8) is 0 Å². The molecule has 6 nitrogen and oxygen atoms in total. The number of hydrogen-bond donors (Lipinski definition) is 1. The van der Waals surface area contributed by atoms with Crippen molar-refractivity contribution in [1.29, 1.82) is 0 Å². The van der Waals surface area contributed by atoms with Gasteiger partial charge in [0, 0.05) is 30.9 Å². The van der Waals surface area contributed by atoms with Crippen LogP contribution in [0.25, 0.3) is 0 Å². The van der Waals surface area contributed by atoms with Crippen LogP contribution in [0.4, 0.5) is 11.4 Å². The number of anilines is 2. The second-order valence-corrected chi connectivity index (χ2v) is 7.97. The van der Waals surface area contributed by atoms with Crippen molar-refractivity contribution in [2.24, 2.45) is 5.41 Å². The number of nitrogens with one attached hydrogen (secondary N) is 1. The number of esters is 1. The molecule has 166 valence electrons. The summed E-state index contributed by atoms with van der Waals surface area (Å²) in [5, 5.41) is 3.01. The van der Waals surface area contributed by atoms with Crippen LogP contribution in [-0.4, -0.2) is 39.2 Å². The van der Waals surface area contributed by atoms with Crippen molar-refractivity contribution >= 4 is 23.3 Å². The van der Waals surface area contributed by atoms with E-state index in [1.807, 2.05) is 37.3 Å². The highest BCUT2D eigenvalue weighted by Gasteiger charge is 2.49. The number of carbonyl (C=O) groups excluding carboxylic acids is 2. The van der Waals surface area contributed by atoms with Crippen LogP contribution in [0.15, 0.2) is 36.4 Å². The summed E-state index contributed by atoms with van der Waals surface area (Å²) in [4.78, 5) is 28.7. The average molecular weight is 425 g/mol. The highest BCUT2D eigenvalue weighted by atomic mass is 16.5. The van der Waals surface area contributed by atoms with Gasteiger partial charge < -0.3 is 19.7 Å². The minimum atomic E-state index is -1.29. The van der Waals surface area contributed by atoms with Crippen molar-refractivity contribution in [2.45, 2.75) is 40.0 Å². The first kappa shape index (κ1) is 22.7. The molecule has 0 aliphatic heterocycles. The van der Waals surface area contributed by atoms with E-state index in [0.29, 0.717) is 24.3 Å². The molecular weight excluding hydrogens is 392 g/mol. The first-order valence-corrected chi connectivity index (χ1v) is 10.8. The van der Waals surface area contributed by atoms with E-state index in [1.165, 1.54) is 7.11 Å². The SMILES string of the molecule is CCN(CC)c1ccc(NC(=O)C2(C(=O)OC)CCc3cccc(OC)c3C2)c(C)c1. The molecule has 3 rings (SSSR count). The molecule has 1 amide bonds. The number of methoxy groups -OCH3 is 2. The Hall–Kier alpha value is -3.02. The molecule has 1 aliphatic carbocycles. The molecule has 0 heterocycles. The van der Waals surface area contributed by atoms with Crippen LogP contribution in [-0.2, 0) is 27.2 Å². The number of nitrogens with zero attached hydrogens (tertiary/aromatic N) is 1. The molecule has 2 aromatic rings. The Labute approximate surface area is 184 Å². The predicted octanol–water partition coefficient (Wildman–Crippen LogP) is 4.14. The molecule has 0 bridgehead atoms. The lowest BCUT2D eigenvalue weighted by Gasteiger charge is -2.35. The number of amides is 1. The zero-order chi connectivity index (χ0) is 22.6. The molecule has 0 saturated heterocycles. The van der Waals surface area contributed by atoms with Gasteiger partial charge in [0.2, 0.25) is 5.91 Å². The normalized spacial score (nSPS) is 17.5. The fourth-order valence-electron chi connectivity index (χ4n) is 4.45. The number of benzene rings is 2. The van der Waals surface area contributed by atoms with E-state index in [4.69, 9.17) is 9.47 Å². The van der Waals surface area contributed by atoms with Crippen molar-refractivity contribution in [3.05, 3.63) is 53.1 Å². The summed E-state index contributed by atoms with van der Waals surface area (Å²) in [6, 6.07) is 11.8. The Bertz CT molecular complexity index is 954. The largest absolute Gasteiger partial charge is 0.496 e. The molecule has 0 radical (unpaired) electrons. The quantitative estimate of drug-likeness (QED) is 0.535. The second-order valence-electron chi connectivity index (χ2n) is 7.97. The maximum Gasteiger partial charge on any atom is 0.321 e. The van der Waals surface area contributed by atoms with Crippen LogP contribution in [0.2, 0.25) is 0 Å². The summed E-state index contributed by atoms with van der Waals surface area (Å²) in [7, 11) is 2.93. The number of carbonyl (C=O) groups is 2. The summed E-state index contributed by atoms with van der Waals surface area (Å²) in [6.07, 6.45) is 1.25. The van der Waals surface area contributed by atoms with Gasteiger partial charge in [-0.3, -0.25) is 9.59 Å². The third-order valence-electron chi connectivity index (χ3n) is 6.35. The van der Waals surface area contributed by atoms with Gasteiger partial charge in [-0.2, -0.15) is 0 Å². The smallest absolute Gasteiger partial charge is 0.321 e. The summed E-state index contributed by atoms with van der Waals surface area (Å²) < 4.78 is 10.6. The van der Waals surface area contributed by atoms with Crippen molar-refractivity contribution in [1.82, 2.24) is 0 Å². The van der Waals surface area contributed by atoms with Crippen molar-refractivity contribution in [3.8, 4) is 5.75 Å². The molecule has 0 fully saturated rings. The Kier molecular flexibility index (Phi) is 6.88. The molecule has 31 heavy (non-hydrogen) atoms. The molecule has 1 N–H and O–H groups in total. The zero-order valence-electron chi connectivity index (χ0n) is 19.1. The Morgan fingerprint density at radius 1 is 1.13 bits per heavy atom. The summed E-state index contributed by atoms with van der Waals surface area (Å²) >= 11 is 0. The average Bonchev–Trinajstić information content (AvgIpc) is 2.80. The summed E-state index contributed by atoms with van der Waals surface area (Å²) in [5.41, 5.74) is 3.47. The van der Waals surface area contributed by atoms with E-state index in [-0.39, 0.29) is 12.3 Å². The van der Waals surface area contributed by atoms with Gasteiger partial charge >= 0.3 is 5.97 Å². The van der Waals surface area contributed by atoms with Gasteiger partial charge in [0.1, 0.15) is 5.75 Å². The van der Waals surface area contributed by atoms with E-state index in [2.05, 4.69) is 30.1 Å². The fraction of sp³-hybridized carbons (Fsp3) is 0.440. The predicted molar refractivity (Wildman–Crippen MR) is 123 cm³/mol. The van der Waals surface area contributed by atoms with Gasteiger partial charge in [0.25, 0.3) is 0 Å². The zero-order valence-corrected chi connectivity index (χ0v) is 19.1. The molecule has 1 atom stereocenters. The molecule has 0 saturated carbocycles. The lowest BCUT2D eigenvalue weighted by atomic mass is 9.70. The minimum absolute atomic E-state index is 0.251. The lowest BCUT2D eigenvalue weighted by molar-refractivity contribution is -0.158.